The third kappa shape index (κ3) is 3.64. The zero-order valence-electron chi connectivity index (χ0n) is 8.08. The van der Waals surface area contributed by atoms with Gasteiger partial charge < -0.3 is 9.84 Å². The van der Waals surface area contributed by atoms with Crippen LogP contribution in [0, 0.1) is 11.8 Å². The molecule has 0 aliphatic heterocycles. The lowest BCUT2D eigenvalue weighted by Gasteiger charge is -1.96. The average molecular weight is 269 g/mol. The summed E-state index contributed by atoms with van der Waals surface area (Å²) in [6.07, 6.45) is 0. The fourth-order valence-corrected chi connectivity index (χ4v) is 1.26. The first kappa shape index (κ1) is 11.6. The standard InChI is InChI=1S/C11H9BrO3/c1-2-15-11(14)6-3-8-7-9(12)4-5-10(8)13/h4-5,7,13H,2H2,1H3. The minimum atomic E-state index is -0.600. The maximum absolute atomic E-state index is 10.9. The largest absolute Gasteiger partial charge is 0.507 e. The molecule has 15 heavy (non-hydrogen) atoms. The zero-order chi connectivity index (χ0) is 11.3. The quantitative estimate of drug-likeness (QED) is 0.627. The van der Waals surface area contributed by atoms with Gasteiger partial charge in [-0.25, -0.2) is 4.79 Å². The molecular weight excluding hydrogens is 260 g/mol. The molecule has 1 N–H and O–H groups in total. The van der Waals surface area contributed by atoms with E-state index in [1.54, 1.807) is 19.1 Å². The van der Waals surface area contributed by atoms with Gasteiger partial charge in [-0.3, -0.25) is 0 Å². The molecule has 4 heteroatoms. The van der Waals surface area contributed by atoms with Crippen molar-refractivity contribution in [1.82, 2.24) is 0 Å². The summed E-state index contributed by atoms with van der Waals surface area (Å²) in [6, 6.07) is 4.81. The summed E-state index contributed by atoms with van der Waals surface area (Å²) >= 11 is 3.24. The number of rotatable bonds is 1. The first-order valence-electron chi connectivity index (χ1n) is 4.30. The third-order valence-electron chi connectivity index (χ3n) is 1.53. The molecule has 0 saturated heterocycles. The summed E-state index contributed by atoms with van der Waals surface area (Å²) in [6.45, 7) is 1.99. The summed E-state index contributed by atoms with van der Waals surface area (Å²) in [7, 11) is 0. The van der Waals surface area contributed by atoms with Crippen LogP contribution in [0.5, 0.6) is 5.75 Å². The van der Waals surface area contributed by atoms with Crippen LogP contribution in [0.3, 0.4) is 0 Å². The highest BCUT2D eigenvalue weighted by molar-refractivity contribution is 9.10. The Morgan fingerprint density at radius 2 is 2.33 bits per heavy atom. The van der Waals surface area contributed by atoms with Gasteiger partial charge in [-0.05, 0) is 25.1 Å². The van der Waals surface area contributed by atoms with Gasteiger partial charge in [-0.15, -0.1) is 0 Å². The Bertz CT molecular complexity index is 429. The topological polar surface area (TPSA) is 46.5 Å². The molecule has 0 radical (unpaired) electrons. The number of benzene rings is 1. The van der Waals surface area contributed by atoms with Crippen molar-refractivity contribution in [3.05, 3.63) is 28.2 Å². The fraction of sp³-hybridized carbons (Fsp3) is 0.182. The van der Waals surface area contributed by atoms with E-state index in [1.165, 1.54) is 6.07 Å². The van der Waals surface area contributed by atoms with E-state index in [4.69, 9.17) is 0 Å². The number of phenolic OH excluding ortho intramolecular Hbond substituents is 1. The Labute approximate surface area is 96.2 Å². The Kier molecular flexibility index (Phi) is 4.19. The zero-order valence-corrected chi connectivity index (χ0v) is 9.67. The van der Waals surface area contributed by atoms with Crippen LogP contribution in [0.1, 0.15) is 12.5 Å². The maximum atomic E-state index is 10.9. The average Bonchev–Trinajstić information content (AvgIpc) is 2.20. The number of esters is 1. The Morgan fingerprint density at radius 3 is 3.00 bits per heavy atom. The summed E-state index contributed by atoms with van der Waals surface area (Å²) < 4.78 is 5.41. The molecule has 0 fully saturated rings. The highest BCUT2D eigenvalue weighted by Crippen LogP contribution is 2.20. The van der Waals surface area contributed by atoms with Crippen LogP contribution >= 0.6 is 15.9 Å². The molecule has 0 saturated carbocycles. The van der Waals surface area contributed by atoms with E-state index >= 15 is 0 Å². The fourth-order valence-electron chi connectivity index (χ4n) is 0.894. The van der Waals surface area contributed by atoms with E-state index in [0.717, 1.165) is 4.47 Å². The lowest BCUT2D eigenvalue weighted by atomic mass is 10.2. The summed E-state index contributed by atoms with van der Waals surface area (Å²) in [5.74, 6) is 4.25. The number of carbonyl (C=O) groups excluding carboxylic acids is 1. The molecule has 0 aromatic heterocycles. The van der Waals surface area contributed by atoms with Gasteiger partial charge >= 0.3 is 5.97 Å². The monoisotopic (exact) mass is 268 g/mol. The van der Waals surface area contributed by atoms with Crippen LogP contribution in [0.2, 0.25) is 0 Å². The van der Waals surface area contributed by atoms with Crippen molar-refractivity contribution in [3.8, 4) is 17.6 Å². The second-order valence-electron chi connectivity index (χ2n) is 2.63. The van der Waals surface area contributed by atoms with E-state index in [2.05, 4.69) is 32.5 Å². The first-order chi connectivity index (χ1) is 7.13. The van der Waals surface area contributed by atoms with E-state index in [9.17, 15) is 9.90 Å². The van der Waals surface area contributed by atoms with Gasteiger partial charge in [-0.1, -0.05) is 21.9 Å². The molecule has 0 aliphatic carbocycles. The second-order valence-corrected chi connectivity index (χ2v) is 3.55. The number of ether oxygens (including phenoxy) is 1. The van der Waals surface area contributed by atoms with Gasteiger partial charge in [0.05, 0.1) is 12.2 Å². The Balaban J connectivity index is 2.88. The molecule has 0 bridgehead atoms. The van der Waals surface area contributed by atoms with Crippen LogP contribution in [0.4, 0.5) is 0 Å². The summed E-state index contributed by atoms with van der Waals surface area (Å²) in [4.78, 5) is 10.9. The molecule has 1 rings (SSSR count). The predicted molar refractivity (Wildman–Crippen MR) is 59.3 cm³/mol. The van der Waals surface area contributed by atoms with Crippen LogP contribution in [-0.2, 0) is 9.53 Å². The molecular formula is C11H9BrO3. The predicted octanol–water partition coefficient (Wildman–Crippen LogP) is 2.07. The molecule has 0 spiro atoms. The van der Waals surface area contributed by atoms with Gasteiger partial charge in [0.1, 0.15) is 5.75 Å². The van der Waals surface area contributed by atoms with Crippen molar-refractivity contribution in [2.75, 3.05) is 6.61 Å². The first-order valence-corrected chi connectivity index (χ1v) is 5.10. The van der Waals surface area contributed by atoms with Gasteiger partial charge in [-0.2, -0.15) is 0 Å². The number of carbonyl (C=O) groups is 1. The molecule has 0 aliphatic rings. The van der Waals surface area contributed by atoms with Crippen LogP contribution in [0.25, 0.3) is 0 Å². The number of hydrogen-bond donors (Lipinski definition) is 1. The van der Waals surface area contributed by atoms with Crippen molar-refractivity contribution >= 4 is 21.9 Å². The lowest BCUT2D eigenvalue weighted by molar-refractivity contribution is -0.136. The number of aromatic hydroxyl groups is 1. The SMILES string of the molecule is CCOC(=O)C#Cc1cc(Br)ccc1O. The molecule has 0 atom stereocenters. The molecule has 1 aromatic rings. The van der Waals surface area contributed by atoms with Crippen molar-refractivity contribution in [3.63, 3.8) is 0 Å². The minimum Gasteiger partial charge on any atom is -0.507 e. The third-order valence-corrected chi connectivity index (χ3v) is 2.03. The van der Waals surface area contributed by atoms with Gasteiger partial charge in [0, 0.05) is 10.4 Å². The molecule has 3 nitrogen and oxygen atoms in total. The Hall–Kier alpha value is -1.47. The van der Waals surface area contributed by atoms with E-state index in [1.807, 2.05) is 0 Å². The summed E-state index contributed by atoms with van der Waals surface area (Å²) in [5.41, 5.74) is 0.387. The number of halogens is 1. The van der Waals surface area contributed by atoms with Crippen LogP contribution < -0.4 is 0 Å². The normalized spacial score (nSPS) is 8.93. The molecule has 78 valence electrons. The minimum absolute atomic E-state index is 0.0370. The highest BCUT2D eigenvalue weighted by atomic mass is 79.9. The lowest BCUT2D eigenvalue weighted by Crippen LogP contribution is -1.99. The molecule has 1 aromatic carbocycles. The van der Waals surface area contributed by atoms with Crippen molar-refractivity contribution in [2.24, 2.45) is 0 Å². The number of phenols is 1. The van der Waals surface area contributed by atoms with Gasteiger partial charge in [0.15, 0.2) is 0 Å². The van der Waals surface area contributed by atoms with Crippen molar-refractivity contribution in [2.45, 2.75) is 6.92 Å². The molecule has 0 heterocycles. The van der Waals surface area contributed by atoms with Crippen molar-refractivity contribution in [1.29, 1.82) is 0 Å². The maximum Gasteiger partial charge on any atom is 0.384 e. The molecule has 0 unspecified atom stereocenters. The van der Waals surface area contributed by atoms with Crippen molar-refractivity contribution < 1.29 is 14.6 Å². The van der Waals surface area contributed by atoms with E-state index in [0.29, 0.717) is 5.56 Å². The van der Waals surface area contributed by atoms with Gasteiger partial charge in [0.25, 0.3) is 0 Å². The van der Waals surface area contributed by atoms with E-state index < -0.39 is 5.97 Å². The second kappa shape index (κ2) is 5.42. The molecule has 0 amide bonds. The Morgan fingerprint density at radius 1 is 1.60 bits per heavy atom. The van der Waals surface area contributed by atoms with E-state index in [-0.39, 0.29) is 12.4 Å². The van der Waals surface area contributed by atoms with Crippen LogP contribution in [0.15, 0.2) is 22.7 Å². The summed E-state index contributed by atoms with van der Waals surface area (Å²) in [5, 5.41) is 9.40. The number of hydrogen-bond acceptors (Lipinski definition) is 3. The smallest absolute Gasteiger partial charge is 0.384 e. The van der Waals surface area contributed by atoms with Gasteiger partial charge in [0.2, 0.25) is 0 Å². The van der Waals surface area contributed by atoms with Crippen LogP contribution in [-0.4, -0.2) is 17.7 Å². The highest BCUT2D eigenvalue weighted by Gasteiger charge is 1.99.